The van der Waals surface area contributed by atoms with Crippen molar-refractivity contribution < 1.29 is 19.1 Å². The summed E-state index contributed by atoms with van der Waals surface area (Å²) in [4.78, 5) is 23.6. The Morgan fingerprint density at radius 3 is 1.73 bits per heavy atom. The molecule has 0 radical (unpaired) electrons. The summed E-state index contributed by atoms with van der Waals surface area (Å²) >= 11 is 0. The monoisotopic (exact) mass is 328 g/mol. The van der Waals surface area contributed by atoms with Gasteiger partial charge in [-0.15, -0.1) is 0 Å². The van der Waals surface area contributed by atoms with Crippen LogP contribution >= 0.6 is 0 Å². The van der Waals surface area contributed by atoms with Gasteiger partial charge in [0.05, 0.1) is 0 Å². The van der Waals surface area contributed by atoms with E-state index in [2.05, 4.69) is 48.5 Å². The summed E-state index contributed by atoms with van der Waals surface area (Å²) in [5.74, 6) is -1.55. The molecule has 1 N–H and O–H groups in total. The lowest BCUT2D eigenvalue weighted by Crippen LogP contribution is -2.54. The van der Waals surface area contributed by atoms with Gasteiger partial charge in [-0.25, -0.2) is 9.59 Å². The van der Waals surface area contributed by atoms with Gasteiger partial charge in [0, 0.05) is 11.1 Å². The number of aliphatic carboxylic acids is 1. The van der Waals surface area contributed by atoms with Crippen molar-refractivity contribution in [3.05, 3.63) is 11.1 Å². The number of carbonyl (C=O) groups is 2. The van der Waals surface area contributed by atoms with E-state index in [1.165, 1.54) is 13.8 Å². The third-order valence-corrected chi connectivity index (χ3v) is 11.5. The average Bonchev–Trinajstić information content (AvgIpc) is 2.41. The number of hydrogen-bond donors (Lipinski definition) is 1. The molecule has 0 amide bonds. The fraction of sp³-hybridized carbons (Fsp3) is 0.765. The van der Waals surface area contributed by atoms with E-state index in [0.717, 1.165) is 6.42 Å². The van der Waals surface area contributed by atoms with Crippen molar-refractivity contribution in [1.82, 2.24) is 0 Å². The molecule has 0 spiro atoms. The minimum atomic E-state index is -2.46. The van der Waals surface area contributed by atoms with Gasteiger partial charge in [-0.05, 0) is 30.0 Å². The fourth-order valence-electron chi connectivity index (χ4n) is 3.42. The molecule has 128 valence electrons. The van der Waals surface area contributed by atoms with Gasteiger partial charge in [0.25, 0.3) is 8.32 Å². The van der Waals surface area contributed by atoms with Gasteiger partial charge >= 0.3 is 11.9 Å². The fourth-order valence-corrected chi connectivity index (χ4v) is 9.64. The summed E-state index contributed by atoms with van der Waals surface area (Å²) in [6.07, 6.45) is 0.920. The van der Waals surface area contributed by atoms with Crippen LogP contribution in [0.4, 0.5) is 0 Å². The highest BCUT2D eigenvalue weighted by molar-refractivity contribution is 6.80. The molecule has 0 saturated carbocycles. The minimum absolute atomic E-state index is 0.0507. The largest absolute Gasteiger partial charge is 0.515 e. The molecular weight excluding hydrogens is 296 g/mol. The SMILES string of the molecule is CCC(C)(C)[Si](OC(=O)/C(C)=C(/C)C(=O)O)(C(C)C)C(C)C. The van der Waals surface area contributed by atoms with E-state index < -0.39 is 20.3 Å². The normalized spacial score (nSPS) is 14.1. The van der Waals surface area contributed by atoms with Crippen molar-refractivity contribution in [2.75, 3.05) is 0 Å². The third kappa shape index (κ3) is 3.80. The maximum Gasteiger partial charge on any atom is 0.331 e. The molecule has 0 aromatic carbocycles. The molecule has 0 heterocycles. The first-order valence-corrected chi connectivity index (χ1v) is 10.1. The van der Waals surface area contributed by atoms with Crippen LogP contribution in [0, 0.1) is 0 Å². The minimum Gasteiger partial charge on any atom is -0.515 e. The highest BCUT2D eigenvalue weighted by atomic mass is 28.4. The molecule has 0 aliphatic rings. The van der Waals surface area contributed by atoms with E-state index >= 15 is 0 Å². The summed E-state index contributed by atoms with van der Waals surface area (Å²) in [6.45, 7) is 17.9. The lowest BCUT2D eigenvalue weighted by molar-refractivity contribution is -0.135. The number of carboxylic acid groups (broad SMARTS) is 1. The van der Waals surface area contributed by atoms with Crippen molar-refractivity contribution in [3.63, 3.8) is 0 Å². The van der Waals surface area contributed by atoms with Crippen molar-refractivity contribution >= 4 is 20.3 Å². The number of carboxylic acids is 1. The van der Waals surface area contributed by atoms with E-state index in [1.54, 1.807) is 0 Å². The van der Waals surface area contributed by atoms with Crippen LogP contribution in [0.5, 0.6) is 0 Å². The zero-order valence-corrected chi connectivity index (χ0v) is 16.5. The molecule has 0 atom stereocenters. The number of hydrogen-bond acceptors (Lipinski definition) is 3. The maximum atomic E-state index is 12.6. The second-order valence-corrected chi connectivity index (χ2v) is 12.7. The Morgan fingerprint density at radius 1 is 1.05 bits per heavy atom. The van der Waals surface area contributed by atoms with E-state index in [0.29, 0.717) is 0 Å². The first kappa shape index (κ1) is 20.9. The lowest BCUT2D eigenvalue weighted by atomic mass is 10.1. The Balaban J connectivity index is 5.94. The third-order valence-electron chi connectivity index (χ3n) is 5.11. The van der Waals surface area contributed by atoms with Crippen LogP contribution < -0.4 is 0 Å². The van der Waals surface area contributed by atoms with E-state index in [4.69, 9.17) is 9.53 Å². The van der Waals surface area contributed by atoms with Crippen molar-refractivity contribution in [3.8, 4) is 0 Å². The van der Waals surface area contributed by atoms with Gasteiger partial charge in [0.1, 0.15) is 0 Å². The standard InChI is InChI=1S/C17H32O4Si/c1-10-17(8,9)22(11(2)3,12(4)5)21-16(20)14(7)13(6)15(18)19/h11-12H,10H2,1-9H3,(H,18,19)/b14-13-. The van der Waals surface area contributed by atoms with Crippen molar-refractivity contribution in [2.24, 2.45) is 0 Å². The van der Waals surface area contributed by atoms with Crippen LogP contribution in [0.3, 0.4) is 0 Å². The first-order valence-electron chi connectivity index (χ1n) is 7.99. The van der Waals surface area contributed by atoms with E-state index in [1.807, 2.05) is 0 Å². The summed E-state index contributed by atoms with van der Waals surface area (Å²) in [7, 11) is -2.46. The molecule has 0 aromatic rings. The van der Waals surface area contributed by atoms with Crippen molar-refractivity contribution in [2.45, 2.75) is 84.9 Å². The number of carbonyl (C=O) groups excluding carboxylic acids is 1. The van der Waals surface area contributed by atoms with E-state index in [-0.39, 0.29) is 27.3 Å². The predicted molar refractivity (Wildman–Crippen MR) is 92.4 cm³/mol. The van der Waals surface area contributed by atoms with Gasteiger partial charge in [0.15, 0.2) is 0 Å². The van der Waals surface area contributed by atoms with Gasteiger partial charge < -0.3 is 9.53 Å². The molecule has 0 rings (SSSR count). The second-order valence-electron chi connectivity index (χ2n) is 7.28. The van der Waals surface area contributed by atoms with Gasteiger partial charge in [-0.3, -0.25) is 0 Å². The summed E-state index contributed by atoms with van der Waals surface area (Å²) in [5, 5.41) is 8.99. The van der Waals surface area contributed by atoms with Crippen LogP contribution in [0.15, 0.2) is 11.1 Å². The van der Waals surface area contributed by atoms with Gasteiger partial charge in [-0.2, -0.15) is 0 Å². The topological polar surface area (TPSA) is 63.6 Å². The molecular formula is C17H32O4Si. The summed E-state index contributed by atoms with van der Waals surface area (Å²) in [6, 6.07) is 0. The predicted octanol–water partition coefficient (Wildman–Crippen LogP) is 4.91. The number of rotatable bonds is 7. The van der Waals surface area contributed by atoms with Crippen LogP contribution in [0.1, 0.15) is 68.7 Å². The molecule has 22 heavy (non-hydrogen) atoms. The lowest BCUT2D eigenvalue weighted by Gasteiger charge is -2.48. The maximum absolute atomic E-state index is 12.6. The summed E-state index contributed by atoms with van der Waals surface area (Å²) < 4.78 is 6.13. The Labute approximate surface area is 136 Å². The zero-order chi connectivity index (χ0) is 17.9. The van der Waals surface area contributed by atoms with Crippen LogP contribution in [-0.2, 0) is 14.0 Å². The summed E-state index contributed by atoms with van der Waals surface area (Å²) in [5.41, 5.74) is 0.751. The Morgan fingerprint density at radius 2 is 1.45 bits per heavy atom. The second kappa shape index (κ2) is 7.44. The van der Waals surface area contributed by atoms with Crippen molar-refractivity contribution in [1.29, 1.82) is 0 Å². The molecule has 0 fully saturated rings. The molecule has 0 bridgehead atoms. The highest BCUT2D eigenvalue weighted by Gasteiger charge is 2.56. The Bertz CT molecular complexity index is 453. The van der Waals surface area contributed by atoms with E-state index in [9.17, 15) is 9.59 Å². The Kier molecular flexibility index (Phi) is 7.07. The average molecular weight is 329 g/mol. The molecule has 4 nitrogen and oxygen atoms in total. The highest BCUT2D eigenvalue weighted by Crippen LogP contribution is 2.53. The van der Waals surface area contributed by atoms with Crippen LogP contribution in [-0.4, -0.2) is 25.4 Å². The smallest absolute Gasteiger partial charge is 0.331 e. The molecule has 5 heteroatoms. The van der Waals surface area contributed by atoms with Crippen LogP contribution in [0.25, 0.3) is 0 Å². The van der Waals surface area contributed by atoms with Gasteiger partial charge in [-0.1, -0.05) is 54.9 Å². The Hall–Kier alpha value is -1.10. The molecule has 0 aliphatic carbocycles. The first-order chi connectivity index (χ1) is 9.85. The van der Waals surface area contributed by atoms with Crippen LogP contribution in [0.2, 0.25) is 16.1 Å². The zero-order valence-electron chi connectivity index (χ0n) is 15.5. The van der Waals surface area contributed by atoms with Gasteiger partial charge in [0.2, 0.25) is 0 Å². The quantitative estimate of drug-likeness (QED) is 0.533. The molecule has 0 saturated heterocycles. The molecule has 0 aliphatic heterocycles. The molecule has 0 aromatic heterocycles. The molecule has 0 unspecified atom stereocenters.